The summed E-state index contributed by atoms with van der Waals surface area (Å²) in [5, 5.41) is 6.86. The molecule has 3 aromatic heterocycles. The van der Waals surface area contributed by atoms with Crippen LogP contribution < -0.4 is 15.6 Å². The third kappa shape index (κ3) is 4.27. The molecule has 0 radical (unpaired) electrons. The van der Waals surface area contributed by atoms with E-state index in [0.29, 0.717) is 33.4 Å². The molecule has 0 fully saturated rings. The minimum Gasteiger partial charge on any atom is -0.497 e. The third-order valence-corrected chi connectivity index (χ3v) is 6.33. The van der Waals surface area contributed by atoms with Crippen LogP contribution in [0.15, 0.2) is 102 Å². The van der Waals surface area contributed by atoms with E-state index in [-0.39, 0.29) is 11.5 Å². The second kappa shape index (κ2) is 9.84. The van der Waals surface area contributed by atoms with Crippen molar-refractivity contribution < 1.29 is 4.74 Å². The Morgan fingerprint density at radius 1 is 0.816 bits per heavy atom. The molecule has 38 heavy (non-hydrogen) atoms. The molecular formula is C29H21ClN6O2. The van der Waals surface area contributed by atoms with Crippen molar-refractivity contribution in [2.75, 3.05) is 12.4 Å². The van der Waals surface area contributed by atoms with Crippen LogP contribution in [0.5, 0.6) is 5.75 Å². The van der Waals surface area contributed by atoms with E-state index in [2.05, 4.69) is 20.4 Å². The predicted molar refractivity (Wildman–Crippen MR) is 149 cm³/mol. The first-order valence-corrected chi connectivity index (χ1v) is 12.2. The molecule has 0 aliphatic rings. The maximum absolute atomic E-state index is 14.1. The van der Waals surface area contributed by atoms with Gasteiger partial charge in [-0.2, -0.15) is 4.52 Å². The number of aromatic amines is 1. The van der Waals surface area contributed by atoms with Gasteiger partial charge in [-0.25, -0.2) is 15.0 Å². The summed E-state index contributed by atoms with van der Waals surface area (Å²) in [5.41, 5.74) is 4.62. The van der Waals surface area contributed by atoms with Crippen molar-refractivity contribution in [3.63, 3.8) is 0 Å². The Morgan fingerprint density at radius 2 is 1.42 bits per heavy atom. The number of methoxy groups -OCH3 is 1. The standard InChI is InChI=1S/C29H21ClN6O2/c1-38-22-14-12-19(13-15-22)24-26(34-29-31-16-21(30)17-32-29)33-27-23(18-8-4-2-5-9-18)25(35-36(27)28(24)37)20-10-6-3-7-11-20/h2-17,35H,1H3,(H,31,32,34). The van der Waals surface area contributed by atoms with Gasteiger partial charge in [0.1, 0.15) is 11.6 Å². The molecule has 6 aromatic rings. The highest BCUT2D eigenvalue weighted by atomic mass is 35.5. The summed E-state index contributed by atoms with van der Waals surface area (Å²) in [6.07, 6.45) is 2.96. The molecule has 3 heterocycles. The summed E-state index contributed by atoms with van der Waals surface area (Å²) in [6, 6.07) is 26.9. The van der Waals surface area contributed by atoms with E-state index in [0.717, 1.165) is 22.4 Å². The average Bonchev–Trinajstić information content (AvgIpc) is 3.35. The van der Waals surface area contributed by atoms with Crippen LogP contribution in [0.25, 0.3) is 39.2 Å². The summed E-state index contributed by atoms with van der Waals surface area (Å²) < 4.78 is 6.79. The minimum absolute atomic E-state index is 0.264. The van der Waals surface area contributed by atoms with Crippen LogP contribution in [0.3, 0.4) is 0 Å². The molecule has 6 rings (SSSR count). The van der Waals surface area contributed by atoms with Crippen LogP contribution in [0.4, 0.5) is 11.8 Å². The van der Waals surface area contributed by atoms with E-state index in [1.54, 1.807) is 19.2 Å². The molecule has 0 aliphatic heterocycles. The minimum atomic E-state index is -0.281. The van der Waals surface area contributed by atoms with Gasteiger partial charge in [-0.15, -0.1) is 0 Å². The van der Waals surface area contributed by atoms with Crippen molar-refractivity contribution in [3.05, 3.63) is 113 Å². The van der Waals surface area contributed by atoms with E-state index >= 15 is 0 Å². The maximum atomic E-state index is 14.1. The van der Waals surface area contributed by atoms with Crippen molar-refractivity contribution in [1.82, 2.24) is 24.6 Å². The molecule has 0 saturated carbocycles. The van der Waals surface area contributed by atoms with Gasteiger partial charge >= 0.3 is 0 Å². The van der Waals surface area contributed by atoms with Crippen molar-refractivity contribution in [2.24, 2.45) is 0 Å². The molecule has 0 bridgehead atoms. The van der Waals surface area contributed by atoms with Gasteiger partial charge in [0.2, 0.25) is 5.95 Å². The van der Waals surface area contributed by atoms with Gasteiger partial charge in [-0.05, 0) is 23.3 Å². The van der Waals surface area contributed by atoms with Crippen molar-refractivity contribution >= 4 is 29.0 Å². The van der Waals surface area contributed by atoms with Crippen molar-refractivity contribution in [2.45, 2.75) is 0 Å². The molecule has 0 atom stereocenters. The second-order valence-corrected chi connectivity index (χ2v) is 8.91. The number of ether oxygens (including phenoxy) is 1. The van der Waals surface area contributed by atoms with Gasteiger partial charge < -0.3 is 10.1 Å². The number of nitrogens with one attached hydrogen (secondary N) is 2. The van der Waals surface area contributed by atoms with Gasteiger partial charge in [0, 0.05) is 5.56 Å². The summed E-state index contributed by atoms with van der Waals surface area (Å²) >= 11 is 5.99. The number of benzene rings is 3. The molecule has 2 N–H and O–H groups in total. The first-order chi connectivity index (χ1) is 18.6. The zero-order chi connectivity index (χ0) is 26.1. The molecule has 0 spiro atoms. The fourth-order valence-corrected chi connectivity index (χ4v) is 4.45. The quantitative estimate of drug-likeness (QED) is 0.270. The van der Waals surface area contributed by atoms with Gasteiger partial charge in [0.15, 0.2) is 5.65 Å². The van der Waals surface area contributed by atoms with Crippen LogP contribution >= 0.6 is 11.6 Å². The molecule has 0 aliphatic carbocycles. The average molecular weight is 521 g/mol. The highest BCUT2D eigenvalue weighted by Gasteiger charge is 2.23. The molecule has 9 heteroatoms. The topological polar surface area (TPSA) is 97.2 Å². The lowest BCUT2D eigenvalue weighted by Crippen LogP contribution is -2.20. The summed E-state index contributed by atoms with van der Waals surface area (Å²) in [4.78, 5) is 27.6. The number of nitrogens with zero attached hydrogens (tertiary/aromatic N) is 4. The largest absolute Gasteiger partial charge is 0.497 e. The van der Waals surface area contributed by atoms with Crippen LogP contribution in [-0.4, -0.2) is 31.7 Å². The first kappa shape index (κ1) is 23.4. The number of H-pyrrole nitrogens is 1. The Morgan fingerprint density at radius 3 is 2.05 bits per heavy atom. The lowest BCUT2D eigenvalue weighted by atomic mass is 10.0. The van der Waals surface area contributed by atoms with E-state index in [1.165, 1.54) is 16.9 Å². The highest BCUT2D eigenvalue weighted by Crippen LogP contribution is 2.36. The Kier molecular flexibility index (Phi) is 6.07. The molecule has 3 aromatic carbocycles. The number of hydrogen-bond acceptors (Lipinski definition) is 6. The first-order valence-electron chi connectivity index (χ1n) is 11.8. The number of halogens is 1. The van der Waals surface area contributed by atoms with Crippen LogP contribution in [0.1, 0.15) is 0 Å². The molecular weight excluding hydrogens is 500 g/mol. The second-order valence-electron chi connectivity index (χ2n) is 8.47. The summed E-state index contributed by atoms with van der Waals surface area (Å²) in [7, 11) is 1.59. The molecule has 0 amide bonds. The number of rotatable bonds is 6. The zero-order valence-corrected chi connectivity index (χ0v) is 21.0. The van der Waals surface area contributed by atoms with Crippen molar-refractivity contribution in [3.8, 4) is 39.3 Å². The monoisotopic (exact) mass is 520 g/mol. The number of fused-ring (bicyclic) bond motifs is 1. The predicted octanol–water partition coefficient (Wildman–Crippen LogP) is 6.22. The normalized spacial score (nSPS) is 11.0. The smallest absolute Gasteiger partial charge is 0.282 e. The van der Waals surface area contributed by atoms with Crippen LogP contribution in [0.2, 0.25) is 5.02 Å². The molecule has 0 saturated heterocycles. The van der Waals surface area contributed by atoms with Crippen LogP contribution in [-0.2, 0) is 0 Å². The summed E-state index contributed by atoms with van der Waals surface area (Å²) in [6.45, 7) is 0. The maximum Gasteiger partial charge on any atom is 0.282 e. The Bertz CT molecular complexity index is 1780. The molecule has 8 nitrogen and oxygen atoms in total. The van der Waals surface area contributed by atoms with E-state index in [9.17, 15) is 4.79 Å². The SMILES string of the molecule is COc1ccc(-c2c(Nc3ncc(Cl)cn3)nc3c(-c4ccccc4)c(-c4ccccc4)[nH]n3c2=O)cc1. The fraction of sp³-hybridized carbons (Fsp3) is 0.0345. The lowest BCUT2D eigenvalue weighted by Gasteiger charge is -2.11. The summed E-state index contributed by atoms with van der Waals surface area (Å²) in [5.74, 6) is 1.26. The highest BCUT2D eigenvalue weighted by molar-refractivity contribution is 6.30. The third-order valence-electron chi connectivity index (χ3n) is 6.13. The van der Waals surface area contributed by atoms with Gasteiger partial charge in [-0.3, -0.25) is 9.89 Å². The van der Waals surface area contributed by atoms with Crippen LogP contribution in [0, 0.1) is 0 Å². The fourth-order valence-electron chi connectivity index (χ4n) is 4.36. The van der Waals surface area contributed by atoms with Crippen molar-refractivity contribution in [1.29, 1.82) is 0 Å². The Labute approximate surface area is 222 Å². The number of aromatic nitrogens is 5. The zero-order valence-electron chi connectivity index (χ0n) is 20.2. The number of anilines is 2. The van der Waals surface area contributed by atoms with E-state index < -0.39 is 0 Å². The van der Waals surface area contributed by atoms with Gasteiger partial charge in [0.05, 0.1) is 41.3 Å². The lowest BCUT2D eigenvalue weighted by molar-refractivity contribution is 0.415. The molecule has 0 unspecified atom stereocenters. The Hall–Kier alpha value is -4.95. The van der Waals surface area contributed by atoms with E-state index in [4.69, 9.17) is 21.3 Å². The van der Waals surface area contributed by atoms with E-state index in [1.807, 2.05) is 72.8 Å². The molecule has 186 valence electrons. The Balaban J connectivity index is 1.66. The number of hydrogen-bond donors (Lipinski definition) is 2. The van der Waals surface area contributed by atoms with Gasteiger partial charge in [-0.1, -0.05) is 84.4 Å². The van der Waals surface area contributed by atoms with Gasteiger partial charge in [0.25, 0.3) is 5.56 Å².